The maximum Gasteiger partial charge on any atom is 0.307 e. The average molecular weight is 303 g/mol. The van der Waals surface area contributed by atoms with E-state index in [0.717, 1.165) is 12.8 Å². The Morgan fingerprint density at radius 2 is 1.25 bits per heavy atom. The Hall–Kier alpha value is -0.180. The van der Waals surface area contributed by atoms with Crippen molar-refractivity contribution in [2.45, 2.75) is 90.4 Å². The number of rotatable bonds is 15. The first-order valence-electron chi connectivity index (χ1n) is 8.56. The zero-order chi connectivity index (χ0) is 15.1. The second-order valence-corrected chi connectivity index (χ2v) is 6.26. The molecule has 0 aliphatic carbocycles. The number of aliphatic carboxylic acids is 1. The molecule has 0 aliphatic heterocycles. The van der Waals surface area contributed by atoms with Gasteiger partial charge in [-0.05, 0) is 6.42 Å². The van der Waals surface area contributed by atoms with E-state index in [1.807, 2.05) is 0 Å². The highest BCUT2D eigenvalue weighted by atomic mass is 32.1. The van der Waals surface area contributed by atoms with Crippen LogP contribution >= 0.6 is 12.6 Å². The summed E-state index contributed by atoms with van der Waals surface area (Å²) < 4.78 is 0. The van der Waals surface area contributed by atoms with E-state index in [0.29, 0.717) is 5.75 Å². The molecule has 0 saturated heterocycles. The third-order valence-corrected chi connectivity index (χ3v) is 4.42. The number of carbonyl (C=O) groups is 1. The van der Waals surface area contributed by atoms with E-state index in [1.54, 1.807) is 0 Å². The van der Waals surface area contributed by atoms with Gasteiger partial charge in [-0.3, -0.25) is 4.79 Å². The third kappa shape index (κ3) is 12.8. The van der Waals surface area contributed by atoms with Crippen molar-refractivity contribution in [2.75, 3.05) is 5.75 Å². The van der Waals surface area contributed by atoms with E-state index in [4.69, 9.17) is 5.11 Å². The summed E-state index contributed by atoms with van der Waals surface area (Å²) in [6.07, 6.45) is 16.6. The van der Waals surface area contributed by atoms with Gasteiger partial charge in [0.1, 0.15) is 0 Å². The van der Waals surface area contributed by atoms with Crippen LogP contribution in [-0.2, 0) is 4.79 Å². The minimum Gasteiger partial charge on any atom is -0.481 e. The summed E-state index contributed by atoms with van der Waals surface area (Å²) in [6, 6.07) is 0. The lowest BCUT2D eigenvalue weighted by Crippen LogP contribution is -2.14. The molecule has 1 N–H and O–H groups in total. The summed E-state index contributed by atoms with van der Waals surface area (Å²) in [5.41, 5.74) is 0. The van der Waals surface area contributed by atoms with Crippen molar-refractivity contribution in [1.29, 1.82) is 0 Å². The lowest BCUT2D eigenvalue weighted by Gasteiger charge is -2.08. The summed E-state index contributed by atoms with van der Waals surface area (Å²) in [7, 11) is 0. The number of hydrogen-bond donors (Lipinski definition) is 2. The van der Waals surface area contributed by atoms with Gasteiger partial charge in [-0.25, -0.2) is 0 Å². The number of hydrogen-bond acceptors (Lipinski definition) is 2. The van der Waals surface area contributed by atoms with Crippen LogP contribution in [0.25, 0.3) is 0 Å². The molecule has 0 aromatic carbocycles. The zero-order valence-corrected chi connectivity index (χ0v) is 14.2. The minimum absolute atomic E-state index is 0.249. The van der Waals surface area contributed by atoms with Crippen molar-refractivity contribution in [3.63, 3.8) is 0 Å². The maximum atomic E-state index is 10.8. The predicted octanol–water partition coefficient (Wildman–Crippen LogP) is 5.71. The molecule has 3 heteroatoms. The molecule has 2 nitrogen and oxygen atoms in total. The van der Waals surface area contributed by atoms with Crippen molar-refractivity contribution in [3.8, 4) is 0 Å². The monoisotopic (exact) mass is 302 g/mol. The van der Waals surface area contributed by atoms with Gasteiger partial charge in [-0.15, -0.1) is 0 Å². The van der Waals surface area contributed by atoms with Gasteiger partial charge >= 0.3 is 5.97 Å². The Morgan fingerprint density at radius 1 is 0.850 bits per heavy atom. The first-order chi connectivity index (χ1) is 9.72. The molecule has 0 spiro atoms. The molecule has 0 rings (SSSR count). The van der Waals surface area contributed by atoms with Gasteiger partial charge in [-0.1, -0.05) is 84.0 Å². The van der Waals surface area contributed by atoms with Crippen LogP contribution in [-0.4, -0.2) is 16.8 Å². The molecule has 0 amide bonds. The van der Waals surface area contributed by atoms with Crippen LogP contribution in [0.3, 0.4) is 0 Å². The van der Waals surface area contributed by atoms with Crippen LogP contribution in [0.5, 0.6) is 0 Å². The number of carboxylic acid groups (broad SMARTS) is 1. The van der Waals surface area contributed by atoms with E-state index < -0.39 is 5.97 Å². The molecule has 0 aromatic rings. The van der Waals surface area contributed by atoms with Gasteiger partial charge in [0.15, 0.2) is 0 Å². The fraction of sp³-hybridized carbons (Fsp3) is 0.941. The Morgan fingerprint density at radius 3 is 1.60 bits per heavy atom. The molecule has 1 unspecified atom stereocenters. The Balaban J connectivity index is 3.15. The van der Waals surface area contributed by atoms with Gasteiger partial charge < -0.3 is 5.11 Å². The van der Waals surface area contributed by atoms with Crippen LogP contribution < -0.4 is 0 Å². The van der Waals surface area contributed by atoms with Gasteiger partial charge in [0.2, 0.25) is 0 Å². The van der Waals surface area contributed by atoms with Gasteiger partial charge in [-0.2, -0.15) is 12.6 Å². The highest BCUT2D eigenvalue weighted by Gasteiger charge is 2.14. The Kier molecular flexibility index (Phi) is 15.1. The van der Waals surface area contributed by atoms with Crippen molar-refractivity contribution in [1.82, 2.24) is 0 Å². The normalized spacial score (nSPS) is 12.5. The topological polar surface area (TPSA) is 37.3 Å². The van der Waals surface area contributed by atoms with Gasteiger partial charge in [0.25, 0.3) is 0 Å². The average Bonchev–Trinajstić information content (AvgIpc) is 2.43. The molecule has 20 heavy (non-hydrogen) atoms. The second-order valence-electron chi connectivity index (χ2n) is 5.90. The predicted molar refractivity (Wildman–Crippen MR) is 90.7 cm³/mol. The van der Waals surface area contributed by atoms with Crippen LogP contribution in [0, 0.1) is 5.92 Å². The molecule has 0 heterocycles. The largest absolute Gasteiger partial charge is 0.481 e. The third-order valence-electron chi connectivity index (χ3n) is 3.98. The van der Waals surface area contributed by atoms with E-state index >= 15 is 0 Å². The van der Waals surface area contributed by atoms with Crippen molar-refractivity contribution in [2.24, 2.45) is 5.92 Å². The van der Waals surface area contributed by atoms with Crippen molar-refractivity contribution in [3.05, 3.63) is 0 Å². The maximum absolute atomic E-state index is 10.8. The van der Waals surface area contributed by atoms with Gasteiger partial charge in [0.05, 0.1) is 5.92 Å². The molecular formula is C17H34O2S. The molecule has 0 radical (unpaired) electrons. The van der Waals surface area contributed by atoms with E-state index in [2.05, 4.69) is 19.6 Å². The first-order valence-corrected chi connectivity index (χ1v) is 9.19. The quantitative estimate of drug-likeness (QED) is 0.300. The molecular weight excluding hydrogens is 268 g/mol. The van der Waals surface area contributed by atoms with Crippen LogP contribution in [0.1, 0.15) is 90.4 Å². The number of unbranched alkanes of at least 4 members (excludes halogenated alkanes) is 11. The molecule has 1 atom stereocenters. The zero-order valence-electron chi connectivity index (χ0n) is 13.3. The van der Waals surface area contributed by atoms with Gasteiger partial charge in [0, 0.05) is 5.75 Å². The van der Waals surface area contributed by atoms with Crippen molar-refractivity contribution >= 4 is 18.6 Å². The fourth-order valence-electron chi connectivity index (χ4n) is 2.52. The smallest absolute Gasteiger partial charge is 0.307 e. The molecule has 0 bridgehead atoms. The lowest BCUT2D eigenvalue weighted by atomic mass is 10.0. The number of thiol groups is 1. The molecule has 120 valence electrons. The van der Waals surface area contributed by atoms with Crippen LogP contribution in [0.2, 0.25) is 0 Å². The summed E-state index contributed by atoms with van der Waals surface area (Å²) in [4.78, 5) is 10.8. The fourth-order valence-corrected chi connectivity index (χ4v) is 2.86. The Bertz CT molecular complexity index is 219. The summed E-state index contributed by atoms with van der Waals surface area (Å²) in [5, 5.41) is 8.90. The molecule has 0 fully saturated rings. The lowest BCUT2D eigenvalue weighted by molar-refractivity contribution is -0.141. The van der Waals surface area contributed by atoms with E-state index in [-0.39, 0.29) is 5.92 Å². The van der Waals surface area contributed by atoms with E-state index in [9.17, 15) is 4.79 Å². The first kappa shape index (κ1) is 19.8. The summed E-state index contributed by atoms with van der Waals surface area (Å²) in [5.74, 6) is -0.475. The van der Waals surface area contributed by atoms with E-state index in [1.165, 1.54) is 70.6 Å². The number of carboxylic acids is 1. The molecule has 0 saturated carbocycles. The Labute approximate surface area is 131 Å². The summed E-state index contributed by atoms with van der Waals surface area (Å²) >= 11 is 4.09. The second kappa shape index (κ2) is 15.2. The highest BCUT2D eigenvalue weighted by molar-refractivity contribution is 7.80. The van der Waals surface area contributed by atoms with Crippen LogP contribution in [0.15, 0.2) is 0 Å². The minimum atomic E-state index is -0.692. The summed E-state index contributed by atoms with van der Waals surface area (Å²) in [6.45, 7) is 2.26. The van der Waals surface area contributed by atoms with Crippen molar-refractivity contribution < 1.29 is 9.90 Å². The molecule has 0 aromatic heterocycles. The highest BCUT2D eigenvalue weighted by Crippen LogP contribution is 2.15. The molecule has 0 aliphatic rings. The SMILES string of the molecule is CCCCCCCCCCCCCCC(CS)C(=O)O. The standard InChI is InChI=1S/C17H34O2S/c1-2-3-4-5-6-7-8-9-10-11-12-13-14-16(15-20)17(18)19/h16,20H,2-15H2,1H3,(H,18,19). The van der Waals surface area contributed by atoms with Crippen LogP contribution in [0.4, 0.5) is 0 Å².